The van der Waals surface area contributed by atoms with Crippen molar-refractivity contribution in [2.75, 3.05) is 11.1 Å². The van der Waals surface area contributed by atoms with Crippen molar-refractivity contribution in [1.29, 1.82) is 0 Å². The first-order valence-corrected chi connectivity index (χ1v) is 6.40. The average molecular weight is 295 g/mol. The number of primary amides is 1. The summed E-state index contributed by atoms with van der Waals surface area (Å²) in [5, 5.41) is 11.2. The molecule has 0 aliphatic rings. The number of hydrogen-bond acceptors (Lipinski definition) is 5. The summed E-state index contributed by atoms with van der Waals surface area (Å²) in [6.07, 6.45) is 1.64. The van der Waals surface area contributed by atoms with Crippen molar-refractivity contribution in [2.45, 2.75) is 20.0 Å². The minimum absolute atomic E-state index is 0.248. The number of aryl methyl sites for hydroxylation is 1. The Morgan fingerprint density at radius 3 is 2.90 bits per heavy atom. The first-order chi connectivity index (χ1) is 9.52. The fourth-order valence-electron chi connectivity index (χ4n) is 1.85. The Balaban J connectivity index is 2.27. The zero-order chi connectivity index (χ0) is 14.7. The van der Waals surface area contributed by atoms with Crippen molar-refractivity contribution >= 4 is 28.9 Å². The van der Waals surface area contributed by atoms with Crippen LogP contribution >= 0.6 is 11.6 Å². The molecule has 0 bridgehead atoms. The van der Waals surface area contributed by atoms with Gasteiger partial charge >= 0.3 is 0 Å². The lowest BCUT2D eigenvalue weighted by Gasteiger charge is -2.13. The number of benzene rings is 1. The van der Waals surface area contributed by atoms with E-state index in [1.807, 2.05) is 11.5 Å². The number of carbonyl (C=O) groups is 1. The summed E-state index contributed by atoms with van der Waals surface area (Å²) in [6.45, 7) is 3.11. The molecule has 1 aromatic heterocycles. The molecule has 7 nitrogen and oxygen atoms in total. The number of nitrogens with zero attached hydrogens (tertiary/aromatic N) is 3. The van der Waals surface area contributed by atoms with Gasteiger partial charge in [0.25, 0.3) is 5.91 Å². The molecule has 0 fully saturated rings. The van der Waals surface area contributed by atoms with Crippen molar-refractivity contribution in [2.24, 2.45) is 5.73 Å². The van der Waals surface area contributed by atoms with Crippen LogP contribution in [-0.4, -0.2) is 20.7 Å². The van der Waals surface area contributed by atoms with Crippen LogP contribution in [0.5, 0.6) is 0 Å². The van der Waals surface area contributed by atoms with E-state index in [1.54, 1.807) is 12.4 Å². The van der Waals surface area contributed by atoms with E-state index in [2.05, 4.69) is 15.5 Å². The van der Waals surface area contributed by atoms with E-state index in [4.69, 9.17) is 23.1 Å². The third-order valence-electron chi connectivity index (χ3n) is 2.84. The second kappa shape index (κ2) is 5.79. The smallest absolute Gasteiger partial charge is 0.250 e. The predicted octanol–water partition coefficient (Wildman–Crippen LogP) is 1.24. The zero-order valence-electron chi connectivity index (χ0n) is 10.9. The highest BCUT2D eigenvalue weighted by Crippen LogP contribution is 2.29. The van der Waals surface area contributed by atoms with Crippen LogP contribution in [0, 0.1) is 0 Å². The number of hydrogen-bond donors (Lipinski definition) is 3. The zero-order valence-corrected chi connectivity index (χ0v) is 11.7. The van der Waals surface area contributed by atoms with Gasteiger partial charge < -0.3 is 21.4 Å². The summed E-state index contributed by atoms with van der Waals surface area (Å²) >= 11 is 6.10. The molecule has 2 aromatic rings. The van der Waals surface area contributed by atoms with Crippen LogP contribution in [-0.2, 0) is 13.1 Å². The summed E-state index contributed by atoms with van der Waals surface area (Å²) in [5.41, 5.74) is 12.1. The van der Waals surface area contributed by atoms with E-state index >= 15 is 0 Å². The molecule has 0 spiro atoms. The third-order valence-corrected chi connectivity index (χ3v) is 3.14. The quantitative estimate of drug-likeness (QED) is 0.718. The van der Waals surface area contributed by atoms with Gasteiger partial charge in [-0.15, -0.1) is 10.2 Å². The third kappa shape index (κ3) is 2.83. The van der Waals surface area contributed by atoms with Crippen molar-refractivity contribution < 1.29 is 4.79 Å². The molecular weight excluding hydrogens is 280 g/mol. The molecule has 106 valence electrons. The lowest BCUT2D eigenvalue weighted by molar-refractivity contribution is 0.100. The number of anilines is 2. The average Bonchev–Trinajstić information content (AvgIpc) is 2.84. The Morgan fingerprint density at radius 1 is 1.50 bits per heavy atom. The van der Waals surface area contributed by atoms with Gasteiger partial charge in [-0.25, -0.2) is 0 Å². The normalized spacial score (nSPS) is 10.5. The Morgan fingerprint density at radius 2 is 2.25 bits per heavy atom. The minimum atomic E-state index is -0.598. The Kier molecular flexibility index (Phi) is 4.09. The number of rotatable bonds is 5. The van der Waals surface area contributed by atoms with E-state index in [-0.39, 0.29) is 5.56 Å². The fraction of sp³-hybridized carbons (Fsp3) is 0.250. The van der Waals surface area contributed by atoms with Crippen LogP contribution in [0.15, 0.2) is 18.5 Å². The maximum absolute atomic E-state index is 11.4. The molecule has 1 heterocycles. The van der Waals surface area contributed by atoms with Crippen LogP contribution in [0.2, 0.25) is 5.02 Å². The highest BCUT2D eigenvalue weighted by Gasteiger charge is 2.14. The van der Waals surface area contributed by atoms with Gasteiger partial charge in [-0.1, -0.05) is 11.6 Å². The van der Waals surface area contributed by atoms with E-state index < -0.39 is 5.91 Å². The van der Waals surface area contributed by atoms with Gasteiger partial charge in [0.1, 0.15) is 6.33 Å². The van der Waals surface area contributed by atoms with E-state index in [1.165, 1.54) is 6.07 Å². The first kappa shape index (κ1) is 14.1. The molecule has 0 radical (unpaired) electrons. The molecule has 0 saturated carbocycles. The number of aromatic nitrogens is 3. The van der Waals surface area contributed by atoms with Crippen LogP contribution in [0.1, 0.15) is 23.1 Å². The lowest BCUT2D eigenvalue weighted by Crippen LogP contribution is -2.16. The Labute approximate surface area is 120 Å². The highest BCUT2D eigenvalue weighted by atomic mass is 35.5. The van der Waals surface area contributed by atoms with Crippen molar-refractivity contribution in [3.05, 3.63) is 34.9 Å². The van der Waals surface area contributed by atoms with Crippen LogP contribution < -0.4 is 16.8 Å². The van der Waals surface area contributed by atoms with Crippen molar-refractivity contribution in [3.8, 4) is 0 Å². The SMILES string of the molecule is CCn1cnnc1CNc1c(Cl)cc(N)cc1C(N)=O. The number of nitrogens with one attached hydrogen (secondary N) is 1. The van der Waals surface area contributed by atoms with Crippen LogP contribution in [0.4, 0.5) is 11.4 Å². The highest BCUT2D eigenvalue weighted by molar-refractivity contribution is 6.34. The van der Waals surface area contributed by atoms with Crippen molar-refractivity contribution in [3.63, 3.8) is 0 Å². The second-order valence-corrected chi connectivity index (χ2v) is 4.58. The number of nitrogen functional groups attached to an aromatic ring is 1. The predicted molar refractivity (Wildman–Crippen MR) is 77.4 cm³/mol. The summed E-state index contributed by atoms with van der Waals surface area (Å²) in [4.78, 5) is 11.4. The number of nitrogens with two attached hydrogens (primary N) is 2. The first-order valence-electron chi connectivity index (χ1n) is 6.02. The monoisotopic (exact) mass is 294 g/mol. The van der Waals surface area contributed by atoms with Gasteiger partial charge in [0.05, 0.1) is 22.8 Å². The van der Waals surface area contributed by atoms with Crippen LogP contribution in [0.3, 0.4) is 0 Å². The Hall–Kier alpha value is -2.28. The number of halogens is 1. The fourth-order valence-corrected chi connectivity index (χ4v) is 2.14. The number of amides is 1. The van der Waals surface area contributed by atoms with Gasteiger partial charge in [-0.3, -0.25) is 4.79 Å². The van der Waals surface area contributed by atoms with Gasteiger partial charge in [-0.2, -0.15) is 0 Å². The summed E-state index contributed by atoms with van der Waals surface area (Å²) in [6, 6.07) is 3.04. The van der Waals surface area contributed by atoms with Gasteiger partial charge in [0.15, 0.2) is 5.82 Å². The van der Waals surface area contributed by atoms with Gasteiger partial charge in [-0.05, 0) is 19.1 Å². The molecule has 0 aliphatic carbocycles. The molecule has 0 atom stereocenters. The minimum Gasteiger partial charge on any atom is -0.399 e. The largest absolute Gasteiger partial charge is 0.399 e. The van der Waals surface area contributed by atoms with Gasteiger partial charge in [0.2, 0.25) is 0 Å². The standard InChI is InChI=1S/C12H15ClN6O/c1-2-19-6-17-18-10(19)5-16-11-8(12(15)20)3-7(14)4-9(11)13/h3-4,6,16H,2,5,14H2,1H3,(H2,15,20). The molecule has 1 aromatic carbocycles. The molecule has 20 heavy (non-hydrogen) atoms. The molecule has 8 heteroatoms. The molecule has 5 N–H and O–H groups in total. The second-order valence-electron chi connectivity index (χ2n) is 4.18. The molecule has 0 unspecified atom stereocenters. The van der Waals surface area contributed by atoms with E-state index in [0.717, 1.165) is 12.4 Å². The molecular formula is C12H15ClN6O. The molecule has 0 saturated heterocycles. The summed E-state index contributed by atoms with van der Waals surface area (Å²) in [7, 11) is 0. The maximum atomic E-state index is 11.4. The number of carbonyl (C=O) groups excluding carboxylic acids is 1. The van der Waals surface area contributed by atoms with E-state index in [9.17, 15) is 4.79 Å². The maximum Gasteiger partial charge on any atom is 0.250 e. The lowest BCUT2D eigenvalue weighted by atomic mass is 10.1. The molecule has 2 rings (SSSR count). The summed E-state index contributed by atoms with van der Waals surface area (Å²) < 4.78 is 1.88. The topological polar surface area (TPSA) is 112 Å². The molecule has 1 amide bonds. The van der Waals surface area contributed by atoms with Gasteiger partial charge in [0, 0.05) is 12.2 Å². The van der Waals surface area contributed by atoms with Crippen LogP contribution in [0.25, 0.3) is 0 Å². The van der Waals surface area contributed by atoms with Crippen molar-refractivity contribution in [1.82, 2.24) is 14.8 Å². The van der Waals surface area contributed by atoms with E-state index in [0.29, 0.717) is 22.9 Å². The summed E-state index contributed by atoms with van der Waals surface area (Å²) in [5.74, 6) is 0.134. The molecule has 0 aliphatic heterocycles. The Bertz CT molecular complexity index is 639.